The minimum absolute atomic E-state index is 0.0156. The van der Waals surface area contributed by atoms with E-state index in [4.69, 9.17) is 9.97 Å². The van der Waals surface area contributed by atoms with Gasteiger partial charge in [-0.2, -0.15) is 15.5 Å². The van der Waals surface area contributed by atoms with Crippen LogP contribution in [-0.4, -0.2) is 76.3 Å². The number of benzene rings is 1. The highest BCUT2D eigenvalue weighted by Gasteiger charge is 2.24. The lowest BCUT2D eigenvalue weighted by Crippen LogP contribution is -2.49. The number of pyridine rings is 1. The van der Waals surface area contributed by atoms with Crippen LogP contribution in [0, 0.1) is 11.3 Å². The first-order valence-corrected chi connectivity index (χ1v) is 13.1. The number of piperazine rings is 1. The number of carbonyl (C=O) groups excluding carboxylic acids is 1. The predicted octanol–water partition coefficient (Wildman–Crippen LogP) is 2.97. The van der Waals surface area contributed by atoms with Gasteiger partial charge in [-0.15, -0.1) is 0 Å². The van der Waals surface area contributed by atoms with Gasteiger partial charge >= 0.3 is 0 Å². The Bertz CT molecular complexity index is 1960. The third-order valence-electron chi connectivity index (χ3n) is 7.25. The van der Waals surface area contributed by atoms with Crippen molar-refractivity contribution in [2.24, 2.45) is 7.05 Å². The van der Waals surface area contributed by atoms with Gasteiger partial charge in [0.15, 0.2) is 0 Å². The van der Waals surface area contributed by atoms with Crippen molar-refractivity contribution >= 4 is 28.3 Å². The number of carbonyl (C=O) groups is 1. The maximum absolute atomic E-state index is 13.2. The van der Waals surface area contributed by atoms with Gasteiger partial charge in [0.1, 0.15) is 23.0 Å². The third kappa shape index (κ3) is 4.39. The molecule has 0 radical (unpaired) electrons. The van der Waals surface area contributed by atoms with Crippen LogP contribution in [0.1, 0.15) is 15.9 Å². The van der Waals surface area contributed by atoms with Gasteiger partial charge in [0.05, 0.1) is 41.0 Å². The first kappa shape index (κ1) is 24.3. The molecule has 0 atom stereocenters. The van der Waals surface area contributed by atoms with Crippen molar-refractivity contribution in [3.05, 3.63) is 84.8 Å². The van der Waals surface area contributed by atoms with Gasteiger partial charge in [0.25, 0.3) is 5.91 Å². The Morgan fingerprint density at radius 2 is 1.71 bits per heavy atom. The molecule has 1 fully saturated rings. The van der Waals surface area contributed by atoms with Crippen molar-refractivity contribution in [2.45, 2.75) is 0 Å². The Labute approximate surface area is 234 Å². The summed E-state index contributed by atoms with van der Waals surface area (Å²) in [5.41, 5.74) is 6.07. The largest absolute Gasteiger partial charge is 0.353 e. The zero-order chi connectivity index (χ0) is 27.9. The molecule has 200 valence electrons. The number of hydrogen-bond acceptors (Lipinski definition) is 9. The quantitative estimate of drug-likeness (QED) is 0.330. The summed E-state index contributed by atoms with van der Waals surface area (Å²) in [7, 11) is 1.85. The molecule has 1 aliphatic rings. The van der Waals surface area contributed by atoms with E-state index in [0.717, 1.165) is 22.5 Å². The second-order valence-corrected chi connectivity index (χ2v) is 9.78. The smallest absolute Gasteiger partial charge is 0.254 e. The van der Waals surface area contributed by atoms with E-state index in [9.17, 15) is 10.1 Å². The molecule has 6 aromatic rings. The van der Waals surface area contributed by atoms with Crippen LogP contribution in [0.25, 0.3) is 39.1 Å². The second-order valence-electron chi connectivity index (χ2n) is 9.78. The van der Waals surface area contributed by atoms with Crippen molar-refractivity contribution in [3.63, 3.8) is 0 Å². The Hall–Kier alpha value is -5.70. The van der Waals surface area contributed by atoms with Crippen LogP contribution in [0.2, 0.25) is 0 Å². The summed E-state index contributed by atoms with van der Waals surface area (Å²) in [5.74, 6) is 0.800. The molecule has 1 aliphatic heterocycles. The van der Waals surface area contributed by atoms with Gasteiger partial charge in [0.2, 0.25) is 0 Å². The molecule has 0 unspecified atom stereocenters. The van der Waals surface area contributed by atoms with E-state index in [1.807, 2.05) is 36.3 Å². The molecule has 12 heteroatoms. The van der Waals surface area contributed by atoms with Crippen molar-refractivity contribution in [3.8, 4) is 28.6 Å². The van der Waals surface area contributed by atoms with Crippen LogP contribution >= 0.6 is 0 Å². The number of aryl methyl sites for hydroxylation is 1. The number of rotatable bonds is 4. The summed E-state index contributed by atoms with van der Waals surface area (Å²) in [4.78, 5) is 35.4. The van der Waals surface area contributed by atoms with Crippen LogP contribution in [0.3, 0.4) is 0 Å². The van der Waals surface area contributed by atoms with Gasteiger partial charge in [-0.25, -0.2) is 14.5 Å². The molecule has 7 rings (SSSR count). The van der Waals surface area contributed by atoms with Crippen LogP contribution < -0.4 is 4.90 Å². The third-order valence-corrected chi connectivity index (χ3v) is 7.25. The molecule has 1 aromatic carbocycles. The number of fused-ring (bicyclic) bond motifs is 2. The van der Waals surface area contributed by atoms with Crippen LogP contribution in [0.5, 0.6) is 0 Å². The van der Waals surface area contributed by atoms with Crippen LogP contribution in [-0.2, 0) is 7.05 Å². The van der Waals surface area contributed by atoms with Crippen molar-refractivity contribution < 1.29 is 4.79 Å². The Morgan fingerprint density at radius 3 is 2.44 bits per heavy atom. The molecule has 0 spiro atoms. The molecular weight excluding hydrogens is 518 g/mol. The lowest BCUT2D eigenvalue weighted by molar-refractivity contribution is 0.0746. The Balaban J connectivity index is 1.11. The predicted molar refractivity (Wildman–Crippen MR) is 151 cm³/mol. The highest BCUT2D eigenvalue weighted by Crippen LogP contribution is 2.29. The lowest BCUT2D eigenvalue weighted by atomic mass is 10.1. The zero-order valence-corrected chi connectivity index (χ0v) is 22.1. The van der Waals surface area contributed by atoms with E-state index in [2.05, 4.69) is 31.1 Å². The molecule has 6 heterocycles. The van der Waals surface area contributed by atoms with Gasteiger partial charge in [-0.1, -0.05) is 0 Å². The number of aromatic nitrogens is 8. The number of nitriles is 1. The van der Waals surface area contributed by atoms with Crippen molar-refractivity contribution in [2.75, 3.05) is 31.1 Å². The summed E-state index contributed by atoms with van der Waals surface area (Å²) in [6.07, 6.45) is 12.0. The van der Waals surface area contributed by atoms with Gasteiger partial charge in [-0.05, 0) is 30.3 Å². The summed E-state index contributed by atoms with van der Waals surface area (Å²) in [6, 6.07) is 11.6. The molecule has 41 heavy (non-hydrogen) atoms. The first-order chi connectivity index (χ1) is 20.1. The Kier molecular flexibility index (Phi) is 5.82. The summed E-state index contributed by atoms with van der Waals surface area (Å²) in [5, 5.41) is 18.3. The molecule has 0 N–H and O–H groups in total. The molecule has 0 saturated carbocycles. The topological polar surface area (TPSA) is 134 Å². The monoisotopic (exact) mass is 541 g/mol. The van der Waals surface area contributed by atoms with Crippen LogP contribution in [0.15, 0.2) is 73.7 Å². The van der Waals surface area contributed by atoms with Crippen LogP contribution in [0.4, 0.5) is 5.82 Å². The van der Waals surface area contributed by atoms with E-state index < -0.39 is 0 Å². The lowest BCUT2D eigenvalue weighted by Gasteiger charge is -2.35. The highest BCUT2D eigenvalue weighted by molar-refractivity contribution is 5.97. The first-order valence-electron chi connectivity index (χ1n) is 13.1. The number of hydrogen-bond donors (Lipinski definition) is 0. The minimum atomic E-state index is -0.0156. The van der Waals surface area contributed by atoms with Gasteiger partial charge < -0.3 is 9.80 Å². The molecule has 5 aromatic heterocycles. The maximum atomic E-state index is 13.2. The molecular formula is C29H23N11O. The average molecular weight is 542 g/mol. The fraction of sp³-hybridized carbons (Fsp3) is 0.172. The van der Waals surface area contributed by atoms with Gasteiger partial charge in [0, 0.05) is 74.7 Å². The number of amides is 1. The van der Waals surface area contributed by atoms with E-state index in [-0.39, 0.29) is 5.91 Å². The van der Waals surface area contributed by atoms with E-state index in [1.165, 1.54) is 0 Å². The zero-order valence-electron chi connectivity index (χ0n) is 22.1. The fourth-order valence-electron chi connectivity index (χ4n) is 5.12. The van der Waals surface area contributed by atoms with E-state index in [0.29, 0.717) is 59.7 Å². The average Bonchev–Trinajstić information content (AvgIpc) is 3.66. The molecule has 1 saturated heterocycles. The maximum Gasteiger partial charge on any atom is 0.254 e. The van der Waals surface area contributed by atoms with E-state index in [1.54, 1.807) is 58.5 Å². The van der Waals surface area contributed by atoms with E-state index >= 15 is 0 Å². The summed E-state index contributed by atoms with van der Waals surface area (Å²) in [6.45, 7) is 2.48. The Morgan fingerprint density at radius 1 is 0.878 bits per heavy atom. The van der Waals surface area contributed by atoms with Crippen molar-refractivity contribution in [1.29, 1.82) is 5.26 Å². The number of anilines is 1. The molecule has 0 bridgehead atoms. The SMILES string of the molecule is Cn1cc(-c2cn3ncc(C#N)c3c(-c3ccc(N4CCN(C(=O)c5ccc6nccnc6c5)CC4)nc3)n2)cn1. The molecule has 1 amide bonds. The fourth-order valence-corrected chi connectivity index (χ4v) is 5.12. The minimum Gasteiger partial charge on any atom is -0.353 e. The molecule has 12 nitrogen and oxygen atoms in total. The molecule has 0 aliphatic carbocycles. The highest BCUT2D eigenvalue weighted by atomic mass is 16.2. The normalized spacial score (nSPS) is 13.6. The summed E-state index contributed by atoms with van der Waals surface area (Å²) >= 11 is 0. The standard InChI is InChI=1S/C29H23N11O/c1-37-17-22(16-34-37)25-18-40-28(21(13-30)15-35-40)27(36-25)20-3-5-26(33-14-20)38-8-10-39(11-9-38)29(41)19-2-4-23-24(12-19)32-7-6-31-23/h2-7,12,14-18H,8-11H2,1H3. The van der Waals surface area contributed by atoms with Gasteiger partial charge in [-0.3, -0.25) is 19.4 Å². The number of nitrogens with zero attached hydrogens (tertiary/aromatic N) is 11. The second kappa shape index (κ2) is 9.80. The van der Waals surface area contributed by atoms with Crippen molar-refractivity contribution in [1.82, 2.24) is 44.2 Å². The summed E-state index contributed by atoms with van der Waals surface area (Å²) < 4.78 is 3.39.